The predicted octanol–water partition coefficient (Wildman–Crippen LogP) is 1.59. The van der Waals surface area contributed by atoms with Crippen LogP contribution in [-0.2, 0) is 0 Å². The maximum atomic E-state index is 4.13. The number of aliphatic imine (C=N–C) groups is 1. The zero-order valence-corrected chi connectivity index (χ0v) is 6.80. The monoisotopic (exact) mass is 140 g/mol. The molecule has 0 rings (SSSR count). The Bertz CT molecular complexity index is 108. The Kier molecular flexibility index (Phi) is 6.08. The van der Waals surface area contributed by atoms with Crippen molar-refractivity contribution >= 4 is 6.21 Å². The van der Waals surface area contributed by atoms with E-state index in [-0.39, 0.29) is 6.17 Å². The van der Waals surface area contributed by atoms with Crippen LogP contribution in [0.15, 0.2) is 17.6 Å². The molecular weight excluding hydrogens is 124 g/mol. The lowest BCUT2D eigenvalue weighted by atomic mass is 10.4. The molecule has 0 aromatic rings. The van der Waals surface area contributed by atoms with E-state index in [9.17, 15) is 0 Å². The largest absolute Gasteiger partial charge is 0.296 e. The lowest BCUT2D eigenvalue weighted by Gasteiger charge is -2.05. The van der Waals surface area contributed by atoms with Crippen LogP contribution in [0.25, 0.3) is 0 Å². The van der Waals surface area contributed by atoms with E-state index in [4.69, 9.17) is 0 Å². The van der Waals surface area contributed by atoms with E-state index in [1.165, 1.54) is 0 Å². The van der Waals surface area contributed by atoms with Gasteiger partial charge >= 0.3 is 0 Å². The quantitative estimate of drug-likeness (QED) is 0.576. The minimum absolute atomic E-state index is 0.220. The second-order valence-corrected chi connectivity index (χ2v) is 2.16. The van der Waals surface area contributed by atoms with Crippen LogP contribution in [0.1, 0.15) is 20.3 Å². The van der Waals surface area contributed by atoms with E-state index in [1.54, 1.807) is 12.3 Å². The van der Waals surface area contributed by atoms with Crippen LogP contribution < -0.4 is 5.32 Å². The van der Waals surface area contributed by atoms with Crippen molar-refractivity contribution in [1.82, 2.24) is 5.32 Å². The molecule has 58 valence electrons. The average molecular weight is 140 g/mol. The summed E-state index contributed by atoms with van der Waals surface area (Å²) in [7, 11) is 0. The van der Waals surface area contributed by atoms with Gasteiger partial charge in [-0.05, 0) is 19.9 Å². The van der Waals surface area contributed by atoms with Gasteiger partial charge in [-0.25, -0.2) is 0 Å². The highest BCUT2D eigenvalue weighted by molar-refractivity contribution is 5.70. The Labute approximate surface area is 63.0 Å². The van der Waals surface area contributed by atoms with Crippen LogP contribution in [0.2, 0.25) is 0 Å². The van der Waals surface area contributed by atoms with Gasteiger partial charge in [0.1, 0.15) is 0 Å². The first-order chi connectivity index (χ1) is 4.81. The number of nitrogens with zero attached hydrogens (tertiary/aromatic N) is 1. The summed E-state index contributed by atoms with van der Waals surface area (Å²) in [5, 5.41) is 3.22. The van der Waals surface area contributed by atoms with E-state index in [0.29, 0.717) is 0 Å². The molecule has 2 nitrogen and oxygen atoms in total. The average Bonchev–Trinajstić information content (AvgIpc) is 1.97. The van der Waals surface area contributed by atoms with Gasteiger partial charge in [0.25, 0.3) is 0 Å². The molecule has 0 amide bonds. The molecule has 10 heavy (non-hydrogen) atoms. The summed E-state index contributed by atoms with van der Waals surface area (Å²) in [4.78, 5) is 4.13. The molecule has 1 atom stereocenters. The molecule has 0 aliphatic heterocycles. The fourth-order valence-electron chi connectivity index (χ4n) is 0.596. The van der Waals surface area contributed by atoms with Crippen molar-refractivity contribution in [2.45, 2.75) is 26.4 Å². The Morgan fingerprint density at radius 1 is 1.70 bits per heavy atom. The van der Waals surface area contributed by atoms with Crippen molar-refractivity contribution < 1.29 is 0 Å². The Morgan fingerprint density at radius 2 is 2.40 bits per heavy atom. The third kappa shape index (κ3) is 5.51. The zero-order valence-electron chi connectivity index (χ0n) is 6.80. The fraction of sp³-hybridized carbons (Fsp3) is 0.625. The van der Waals surface area contributed by atoms with Crippen molar-refractivity contribution in [3.05, 3.63) is 12.7 Å². The summed E-state index contributed by atoms with van der Waals surface area (Å²) in [6.07, 6.45) is 4.77. The van der Waals surface area contributed by atoms with E-state index < -0.39 is 0 Å². The summed E-state index contributed by atoms with van der Waals surface area (Å²) in [6, 6.07) is 0. The van der Waals surface area contributed by atoms with Crippen LogP contribution in [-0.4, -0.2) is 18.9 Å². The fourth-order valence-corrected chi connectivity index (χ4v) is 0.596. The lowest BCUT2D eigenvalue weighted by molar-refractivity contribution is 0.568. The summed E-state index contributed by atoms with van der Waals surface area (Å²) in [5.41, 5.74) is 0. The molecule has 0 aromatic heterocycles. The summed E-state index contributed by atoms with van der Waals surface area (Å²) < 4.78 is 0. The van der Waals surface area contributed by atoms with Gasteiger partial charge in [0, 0.05) is 6.21 Å². The molecule has 0 aliphatic carbocycles. The molecule has 0 fully saturated rings. The minimum Gasteiger partial charge on any atom is -0.296 e. The second-order valence-electron chi connectivity index (χ2n) is 2.16. The third-order valence-electron chi connectivity index (χ3n) is 1.10. The first-order valence-electron chi connectivity index (χ1n) is 3.68. The number of rotatable bonds is 5. The van der Waals surface area contributed by atoms with Gasteiger partial charge in [-0.3, -0.25) is 10.3 Å². The highest BCUT2D eigenvalue weighted by atomic mass is 15.0. The first kappa shape index (κ1) is 9.37. The van der Waals surface area contributed by atoms with Crippen LogP contribution >= 0.6 is 0 Å². The van der Waals surface area contributed by atoms with E-state index in [0.717, 1.165) is 13.0 Å². The van der Waals surface area contributed by atoms with Crippen molar-refractivity contribution in [2.75, 3.05) is 6.54 Å². The number of hydrogen-bond acceptors (Lipinski definition) is 2. The number of allylic oxidation sites excluding steroid dienone is 1. The van der Waals surface area contributed by atoms with Crippen LogP contribution in [0.4, 0.5) is 0 Å². The second kappa shape index (κ2) is 6.49. The zero-order chi connectivity index (χ0) is 7.82. The first-order valence-corrected chi connectivity index (χ1v) is 3.68. The molecular formula is C8H16N2. The van der Waals surface area contributed by atoms with Gasteiger partial charge in [-0.2, -0.15) is 0 Å². The van der Waals surface area contributed by atoms with Crippen molar-refractivity contribution in [3.63, 3.8) is 0 Å². The summed E-state index contributed by atoms with van der Waals surface area (Å²) in [5.74, 6) is 0. The Hall–Kier alpha value is -0.630. The molecule has 0 spiro atoms. The van der Waals surface area contributed by atoms with Gasteiger partial charge < -0.3 is 0 Å². The van der Waals surface area contributed by atoms with Crippen molar-refractivity contribution in [2.24, 2.45) is 4.99 Å². The molecule has 1 N–H and O–H groups in total. The third-order valence-corrected chi connectivity index (χ3v) is 1.10. The van der Waals surface area contributed by atoms with E-state index >= 15 is 0 Å². The molecule has 0 saturated heterocycles. The normalized spacial score (nSPS) is 13.8. The molecule has 2 heteroatoms. The standard InChI is InChI=1S/C8H16N2/c1-4-6-9-8(3)10-7-5-2/h4,6,8,10H,1,5,7H2,2-3H3/b9-6-. The SMILES string of the molecule is C=C/C=N\C(C)NCCC. The number of hydrogen-bond donors (Lipinski definition) is 1. The van der Waals surface area contributed by atoms with Gasteiger partial charge in [-0.15, -0.1) is 0 Å². The molecule has 0 saturated carbocycles. The highest BCUT2D eigenvalue weighted by Gasteiger charge is 1.91. The van der Waals surface area contributed by atoms with Gasteiger partial charge in [-0.1, -0.05) is 19.6 Å². The lowest BCUT2D eigenvalue weighted by Crippen LogP contribution is -2.24. The maximum Gasteiger partial charge on any atom is 0.0965 e. The molecule has 1 unspecified atom stereocenters. The topological polar surface area (TPSA) is 24.4 Å². The van der Waals surface area contributed by atoms with Gasteiger partial charge in [0.05, 0.1) is 6.17 Å². The van der Waals surface area contributed by atoms with Gasteiger partial charge in [0.15, 0.2) is 0 Å². The molecule has 0 bridgehead atoms. The molecule has 0 aromatic carbocycles. The Balaban J connectivity index is 3.32. The minimum atomic E-state index is 0.220. The van der Waals surface area contributed by atoms with Crippen LogP contribution in [0.3, 0.4) is 0 Å². The molecule has 0 heterocycles. The Morgan fingerprint density at radius 3 is 2.90 bits per heavy atom. The van der Waals surface area contributed by atoms with E-state index in [1.807, 2.05) is 6.92 Å². The number of nitrogens with one attached hydrogen (secondary N) is 1. The van der Waals surface area contributed by atoms with Crippen molar-refractivity contribution in [1.29, 1.82) is 0 Å². The van der Waals surface area contributed by atoms with Crippen molar-refractivity contribution in [3.8, 4) is 0 Å². The highest BCUT2D eigenvalue weighted by Crippen LogP contribution is 1.82. The van der Waals surface area contributed by atoms with E-state index in [2.05, 4.69) is 23.8 Å². The van der Waals surface area contributed by atoms with Gasteiger partial charge in [0.2, 0.25) is 0 Å². The van der Waals surface area contributed by atoms with Crippen LogP contribution in [0, 0.1) is 0 Å². The van der Waals surface area contributed by atoms with Crippen LogP contribution in [0.5, 0.6) is 0 Å². The predicted molar refractivity (Wildman–Crippen MR) is 46.4 cm³/mol. The smallest absolute Gasteiger partial charge is 0.0965 e. The summed E-state index contributed by atoms with van der Waals surface area (Å²) in [6.45, 7) is 8.72. The maximum absolute atomic E-state index is 4.13. The molecule has 0 radical (unpaired) electrons. The molecule has 0 aliphatic rings. The summed E-state index contributed by atoms with van der Waals surface area (Å²) >= 11 is 0.